The Morgan fingerprint density at radius 3 is 2.05 bits per heavy atom. The van der Waals surface area contributed by atoms with Crippen LogP contribution in [-0.2, 0) is 33.3 Å². The van der Waals surface area contributed by atoms with Gasteiger partial charge >= 0.3 is 23.9 Å². The molecule has 2 aromatic heterocycles. The molecule has 3 fully saturated rings. The first-order valence-corrected chi connectivity index (χ1v) is 14.9. The lowest BCUT2D eigenvalue weighted by molar-refractivity contribution is -0.343. The van der Waals surface area contributed by atoms with Gasteiger partial charge in [0.05, 0.1) is 35.1 Å². The highest BCUT2D eigenvalue weighted by Crippen LogP contribution is 2.69. The van der Waals surface area contributed by atoms with Crippen molar-refractivity contribution in [3.63, 3.8) is 0 Å². The van der Waals surface area contributed by atoms with Crippen molar-refractivity contribution in [2.24, 2.45) is 17.3 Å². The molecule has 2 aliphatic carbocycles. The Hall–Kier alpha value is -3.64. The van der Waals surface area contributed by atoms with Gasteiger partial charge in [-0.1, -0.05) is 13.8 Å². The summed E-state index contributed by atoms with van der Waals surface area (Å²) in [4.78, 5) is 52.5. The number of rotatable bonds is 8. The van der Waals surface area contributed by atoms with Crippen LogP contribution in [0.25, 0.3) is 0 Å². The average molecular weight is 617 g/mol. The molecule has 1 saturated heterocycles. The summed E-state index contributed by atoms with van der Waals surface area (Å²) >= 11 is 0. The Bertz CT molecular complexity index is 1390. The lowest BCUT2D eigenvalue weighted by Gasteiger charge is -2.65. The minimum atomic E-state index is -1.88. The zero-order valence-electron chi connectivity index (χ0n) is 26.0. The number of furan rings is 2. The summed E-state index contributed by atoms with van der Waals surface area (Å²) in [5, 5.41) is 12.5. The van der Waals surface area contributed by atoms with E-state index in [1.165, 1.54) is 44.6 Å². The smallest absolute Gasteiger partial charge is 0.374 e. The van der Waals surface area contributed by atoms with Gasteiger partial charge in [-0.15, -0.1) is 0 Å². The molecule has 12 nitrogen and oxygen atoms in total. The second-order valence-electron chi connectivity index (χ2n) is 13.0. The molecule has 1 aliphatic heterocycles. The summed E-state index contributed by atoms with van der Waals surface area (Å²) in [6.45, 7) is 11.5. The Kier molecular flexibility index (Phi) is 7.99. The molecule has 2 bridgehead atoms. The fraction of sp³-hybridized carbons (Fsp3) is 0.625. The van der Waals surface area contributed by atoms with Crippen molar-refractivity contribution in [3.8, 4) is 0 Å². The molecular weight excluding hydrogens is 576 g/mol. The molecule has 5 rings (SSSR count). The van der Waals surface area contributed by atoms with Crippen LogP contribution in [0.5, 0.6) is 0 Å². The van der Waals surface area contributed by atoms with Crippen LogP contribution in [0.15, 0.2) is 45.6 Å². The number of ether oxygens (including phenoxy) is 5. The maximum atomic E-state index is 13.4. The normalized spacial score (nSPS) is 36.0. The third-order valence-corrected chi connectivity index (χ3v) is 9.85. The zero-order valence-corrected chi connectivity index (χ0v) is 26.0. The van der Waals surface area contributed by atoms with Crippen molar-refractivity contribution in [2.75, 3.05) is 0 Å². The van der Waals surface area contributed by atoms with E-state index in [4.69, 9.17) is 32.5 Å². The van der Waals surface area contributed by atoms with Gasteiger partial charge in [-0.3, -0.25) is 9.59 Å². The van der Waals surface area contributed by atoms with Gasteiger partial charge in [0, 0.05) is 19.3 Å². The molecule has 12 heteroatoms. The zero-order chi connectivity index (χ0) is 32.2. The van der Waals surface area contributed by atoms with Gasteiger partial charge in [-0.25, -0.2) is 9.59 Å². The molecule has 0 amide bonds. The van der Waals surface area contributed by atoms with Gasteiger partial charge < -0.3 is 37.6 Å². The number of hydrogen-bond acceptors (Lipinski definition) is 12. The van der Waals surface area contributed by atoms with Gasteiger partial charge in [0.1, 0.15) is 23.9 Å². The van der Waals surface area contributed by atoms with Gasteiger partial charge in [-0.2, -0.15) is 0 Å². The van der Waals surface area contributed by atoms with E-state index in [9.17, 15) is 24.3 Å². The predicted molar refractivity (Wildman–Crippen MR) is 150 cm³/mol. The third kappa shape index (κ3) is 4.82. The lowest BCUT2D eigenvalue weighted by atomic mass is 9.47. The van der Waals surface area contributed by atoms with Crippen LogP contribution in [0.4, 0.5) is 0 Å². The first-order valence-electron chi connectivity index (χ1n) is 14.9. The van der Waals surface area contributed by atoms with E-state index < -0.39 is 82.3 Å². The molecule has 1 unspecified atom stereocenters. The summed E-state index contributed by atoms with van der Waals surface area (Å²) in [5.41, 5.74) is -6.38. The SMILES string of the molecule is CCC(C)C(=O)O[C@H]1C[C@](C)(O)[C@]23OC(C)(C)[C@H](C[C@H](OC(=O)c4ccco4)[C@]2(C)[C@H]1OC(C)=O)[C@@H]3OC(=O)c1ccco1. The molecular formula is C32H40O12. The van der Waals surface area contributed by atoms with E-state index in [1.54, 1.807) is 33.8 Å². The van der Waals surface area contributed by atoms with E-state index >= 15 is 0 Å². The molecule has 3 heterocycles. The summed E-state index contributed by atoms with van der Waals surface area (Å²) in [7, 11) is 0. The van der Waals surface area contributed by atoms with Crippen LogP contribution in [0, 0.1) is 17.3 Å². The van der Waals surface area contributed by atoms with Crippen molar-refractivity contribution in [3.05, 3.63) is 48.3 Å². The first kappa shape index (κ1) is 31.8. The highest BCUT2D eigenvalue weighted by atomic mass is 16.6. The van der Waals surface area contributed by atoms with Crippen LogP contribution < -0.4 is 0 Å². The quantitative estimate of drug-likeness (QED) is 0.332. The molecule has 2 aromatic rings. The van der Waals surface area contributed by atoms with Gasteiger partial charge in [0.25, 0.3) is 0 Å². The second kappa shape index (κ2) is 11.1. The topological polar surface area (TPSA) is 161 Å². The van der Waals surface area contributed by atoms with Crippen molar-refractivity contribution in [2.45, 2.75) is 109 Å². The maximum absolute atomic E-state index is 13.4. The number of esters is 4. The summed E-state index contributed by atoms with van der Waals surface area (Å²) < 4.78 is 41.6. The molecule has 3 aliphatic rings. The number of aliphatic hydroxyl groups is 1. The third-order valence-electron chi connectivity index (χ3n) is 9.85. The number of carbonyl (C=O) groups is 4. The predicted octanol–water partition coefficient (Wildman–Crippen LogP) is 4.24. The van der Waals surface area contributed by atoms with Crippen molar-refractivity contribution < 1.29 is 56.8 Å². The summed E-state index contributed by atoms with van der Waals surface area (Å²) in [5.74, 6) is -4.02. The van der Waals surface area contributed by atoms with Crippen molar-refractivity contribution in [1.82, 2.24) is 0 Å². The van der Waals surface area contributed by atoms with Crippen LogP contribution >= 0.6 is 0 Å². The second-order valence-corrected chi connectivity index (χ2v) is 13.0. The maximum Gasteiger partial charge on any atom is 0.374 e. The summed E-state index contributed by atoms with van der Waals surface area (Å²) in [6.07, 6.45) is -1.67. The largest absolute Gasteiger partial charge is 0.458 e. The molecule has 1 spiro atoms. The lowest BCUT2D eigenvalue weighted by Crippen LogP contribution is -2.81. The van der Waals surface area contributed by atoms with Crippen LogP contribution in [-0.4, -0.2) is 70.2 Å². The Morgan fingerprint density at radius 1 is 0.932 bits per heavy atom. The molecule has 2 saturated carbocycles. The van der Waals surface area contributed by atoms with E-state index in [1.807, 2.05) is 6.92 Å². The van der Waals surface area contributed by atoms with Gasteiger partial charge in [0.2, 0.25) is 11.5 Å². The molecule has 0 aromatic carbocycles. The fourth-order valence-corrected chi connectivity index (χ4v) is 7.56. The van der Waals surface area contributed by atoms with E-state index in [2.05, 4.69) is 0 Å². The highest BCUT2D eigenvalue weighted by Gasteiger charge is 2.84. The Morgan fingerprint density at radius 2 is 1.52 bits per heavy atom. The molecule has 0 radical (unpaired) electrons. The monoisotopic (exact) mass is 616 g/mol. The number of carbonyl (C=O) groups excluding carboxylic acids is 4. The highest BCUT2D eigenvalue weighted by molar-refractivity contribution is 5.87. The minimum absolute atomic E-state index is 0.0565. The number of fused-ring (bicyclic) bond motifs is 1. The van der Waals surface area contributed by atoms with Crippen molar-refractivity contribution in [1.29, 1.82) is 0 Å². The first-order chi connectivity index (χ1) is 20.6. The molecule has 9 atom stereocenters. The van der Waals surface area contributed by atoms with E-state index in [-0.39, 0.29) is 24.4 Å². The molecule has 44 heavy (non-hydrogen) atoms. The fourth-order valence-electron chi connectivity index (χ4n) is 7.56. The Balaban J connectivity index is 1.69. The van der Waals surface area contributed by atoms with E-state index in [0.29, 0.717) is 6.42 Å². The van der Waals surface area contributed by atoms with Crippen LogP contribution in [0.1, 0.15) is 88.8 Å². The van der Waals surface area contributed by atoms with Crippen molar-refractivity contribution >= 4 is 23.9 Å². The number of hydrogen-bond donors (Lipinski definition) is 1. The average Bonchev–Trinajstić information content (AvgIpc) is 3.70. The van der Waals surface area contributed by atoms with Crippen LogP contribution in [0.2, 0.25) is 0 Å². The molecule has 1 N–H and O–H groups in total. The minimum Gasteiger partial charge on any atom is -0.458 e. The van der Waals surface area contributed by atoms with Gasteiger partial charge in [0.15, 0.2) is 6.10 Å². The van der Waals surface area contributed by atoms with Crippen LogP contribution in [0.3, 0.4) is 0 Å². The van der Waals surface area contributed by atoms with Gasteiger partial charge in [-0.05, 0) is 64.8 Å². The molecule has 240 valence electrons. The standard InChI is InChI=1S/C32H40O12/c1-8-17(2)26(34)41-22-16-30(6,37)32-24(43-28(36)21-12-10-14-39-21)19(29(4,5)44-32)15-23(31(32,7)25(22)40-18(3)33)42-27(35)20-11-9-13-38-20/h9-14,17,19,22-25,37H,8,15-16H2,1-7H3/t17?,19-,22+,23+,24+,25+,30+,31-,32+/m1/s1. The Labute approximate surface area is 255 Å². The summed E-state index contributed by atoms with van der Waals surface area (Å²) in [6, 6.07) is 5.99. The van der Waals surface area contributed by atoms with E-state index in [0.717, 1.165) is 0 Å².